The molecule has 150 valence electrons. The second-order valence-corrected chi connectivity index (χ2v) is 9.75. The molecule has 0 radical (unpaired) electrons. The number of nitrogens with one attached hydrogen (secondary N) is 1. The molecule has 1 aliphatic rings. The SMILES string of the molecule is COc1ccc(S(=O)(=O)N2CCC[C@H](C(=O)Nc3ccc(Br)cc3Cl)C2)cc1. The maximum Gasteiger partial charge on any atom is 0.243 e. The summed E-state index contributed by atoms with van der Waals surface area (Å²) in [6.07, 6.45) is 1.23. The van der Waals surface area contributed by atoms with Crippen LogP contribution in [-0.4, -0.2) is 38.8 Å². The highest BCUT2D eigenvalue weighted by molar-refractivity contribution is 9.10. The summed E-state index contributed by atoms with van der Waals surface area (Å²) in [6.45, 7) is 0.519. The highest BCUT2D eigenvalue weighted by atomic mass is 79.9. The fourth-order valence-electron chi connectivity index (χ4n) is 3.10. The summed E-state index contributed by atoms with van der Waals surface area (Å²) in [6, 6.07) is 11.4. The number of benzene rings is 2. The summed E-state index contributed by atoms with van der Waals surface area (Å²) in [5.74, 6) is -0.0958. The van der Waals surface area contributed by atoms with Crippen molar-refractivity contribution < 1.29 is 17.9 Å². The monoisotopic (exact) mass is 486 g/mol. The summed E-state index contributed by atoms with van der Waals surface area (Å²) in [7, 11) is -2.15. The molecule has 0 saturated carbocycles. The van der Waals surface area contributed by atoms with Crippen molar-refractivity contribution in [1.29, 1.82) is 0 Å². The smallest absolute Gasteiger partial charge is 0.243 e. The molecule has 9 heteroatoms. The molecule has 1 N–H and O–H groups in total. The first-order valence-electron chi connectivity index (χ1n) is 8.71. The zero-order chi connectivity index (χ0) is 20.3. The van der Waals surface area contributed by atoms with Crippen LogP contribution in [0.2, 0.25) is 5.02 Å². The van der Waals surface area contributed by atoms with E-state index in [0.717, 1.165) is 4.47 Å². The quantitative estimate of drug-likeness (QED) is 0.687. The molecule has 0 aliphatic carbocycles. The lowest BCUT2D eigenvalue weighted by Gasteiger charge is -2.31. The lowest BCUT2D eigenvalue weighted by atomic mass is 9.99. The molecular weight excluding hydrogens is 468 g/mol. The summed E-state index contributed by atoms with van der Waals surface area (Å²) in [5, 5.41) is 3.22. The number of halogens is 2. The minimum absolute atomic E-state index is 0.133. The number of nitrogens with zero attached hydrogens (tertiary/aromatic N) is 1. The summed E-state index contributed by atoms with van der Waals surface area (Å²) >= 11 is 9.48. The van der Waals surface area contributed by atoms with E-state index in [1.54, 1.807) is 30.3 Å². The molecule has 3 rings (SSSR count). The third-order valence-corrected chi connectivity index (χ3v) is 7.33. The molecule has 1 atom stereocenters. The van der Waals surface area contributed by atoms with Gasteiger partial charge < -0.3 is 10.1 Å². The average molecular weight is 488 g/mol. The molecule has 1 amide bonds. The van der Waals surface area contributed by atoms with Crippen molar-refractivity contribution in [3.8, 4) is 5.75 Å². The minimum Gasteiger partial charge on any atom is -0.497 e. The van der Waals surface area contributed by atoms with Crippen LogP contribution in [0.4, 0.5) is 5.69 Å². The van der Waals surface area contributed by atoms with E-state index in [9.17, 15) is 13.2 Å². The van der Waals surface area contributed by atoms with Gasteiger partial charge in [-0.25, -0.2) is 8.42 Å². The Morgan fingerprint density at radius 3 is 2.61 bits per heavy atom. The number of rotatable bonds is 5. The fourth-order valence-corrected chi connectivity index (χ4v) is 5.34. The van der Waals surface area contributed by atoms with Gasteiger partial charge in [-0.2, -0.15) is 4.31 Å². The predicted octanol–water partition coefficient (Wildman–Crippen LogP) is 4.15. The lowest BCUT2D eigenvalue weighted by Crippen LogP contribution is -2.43. The van der Waals surface area contributed by atoms with E-state index >= 15 is 0 Å². The number of hydrogen-bond acceptors (Lipinski definition) is 4. The molecule has 0 aromatic heterocycles. The van der Waals surface area contributed by atoms with Gasteiger partial charge in [0, 0.05) is 17.6 Å². The molecule has 1 saturated heterocycles. The molecule has 0 bridgehead atoms. The van der Waals surface area contributed by atoms with Crippen LogP contribution >= 0.6 is 27.5 Å². The van der Waals surface area contributed by atoms with Gasteiger partial charge in [0.2, 0.25) is 15.9 Å². The maximum absolute atomic E-state index is 12.9. The van der Waals surface area contributed by atoms with E-state index in [4.69, 9.17) is 16.3 Å². The first-order chi connectivity index (χ1) is 13.3. The Labute approximate surface area is 178 Å². The van der Waals surface area contributed by atoms with Crippen LogP contribution in [0.5, 0.6) is 5.75 Å². The van der Waals surface area contributed by atoms with Crippen molar-refractivity contribution in [1.82, 2.24) is 4.31 Å². The Morgan fingerprint density at radius 1 is 1.25 bits per heavy atom. The Morgan fingerprint density at radius 2 is 1.96 bits per heavy atom. The lowest BCUT2D eigenvalue weighted by molar-refractivity contribution is -0.120. The van der Waals surface area contributed by atoms with Gasteiger partial charge in [-0.1, -0.05) is 27.5 Å². The van der Waals surface area contributed by atoms with Gasteiger partial charge in [-0.05, 0) is 55.3 Å². The topological polar surface area (TPSA) is 75.7 Å². The number of hydrogen-bond donors (Lipinski definition) is 1. The van der Waals surface area contributed by atoms with Crippen LogP contribution in [-0.2, 0) is 14.8 Å². The van der Waals surface area contributed by atoms with Gasteiger partial charge in [0.25, 0.3) is 0 Å². The Kier molecular flexibility index (Phi) is 6.65. The Balaban J connectivity index is 1.72. The van der Waals surface area contributed by atoms with Crippen LogP contribution in [0.25, 0.3) is 0 Å². The van der Waals surface area contributed by atoms with E-state index in [-0.39, 0.29) is 17.3 Å². The van der Waals surface area contributed by atoms with Crippen molar-refractivity contribution in [2.24, 2.45) is 5.92 Å². The van der Waals surface area contributed by atoms with E-state index in [0.29, 0.717) is 35.8 Å². The van der Waals surface area contributed by atoms with Gasteiger partial charge in [0.05, 0.1) is 28.6 Å². The average Bonchev–Trinajstić information content (AvgIpc) is 2.70. The van der Waals surface area contributed by atoms with Crippen molar-refractivity contribution >= 4 is 49.1 Å². The third kappa shape index (κ3) is 4.68. The number of carbonyl (C=O) groups is 1. The van der Waals surface area contributed by atoms with Gasteiger partial charge in [-0.15, -0.1) is 0 Å². The van der Waals surface area contributed by atoms with Crippen molar-refractivity contribution in [3.05, 3.63) is 52.0 Å². The van der Waals surface area contributed by atoms with Gasteiger partial charge in [0.1, 0.15) is 5.75 Å². The number of methoxy groups -OCH3 is 1. The van der Waals surface area contributed by atoms with E-state index in [2.05, 4.69) is 21.2 Å². The largest absolute Gasteiger partial charge is 0.497 e. The summed E-state index contributed by atoms with van der Waals surface area (Å²) in [5.41, 5.74) is 0.505. The van der Waals surface area contributed by atoms with Crippen LogP contribution in [0.3, 0.4) is 0 Å². The Hall–Kier alpha value is -1.61. The van der Waals surface area contributed by atoms with Crippen molar-refractivity contribution in [3.63, 3.8) is 0 Å². The maximum atomic E-state index is 12.9. The number of amides is 1. The van der Waals surface area contributed by atoms with Gasteiger partial charge in [-0.3, -0.25) is 4.79 Å². The predicted molar refractivity (Wildman–Crippen MR) is 112 cm³/mol. The van der Waals surface area contributed by atoms with E-state index in [1.165, 1.54) is 23.5 Å². The standard InChI is InChI=1S/C19H20BrClN2O4S/c1-27-15-5-7-16(8-6-15)28(25,26)23-10-2-3-13(12-23)19(24)22-18-9-4-14(20)11-17(18)21/h4-9,11,13H,2-3,10,12H2,1H3,(H,22,24)/t13-/m0/s1. The molecule has 6 nitrogen and oxygen atoms in total. The molecule has 2 aromatic rings. The van der Waals surface area contributed by atoms with Gasteiger partial charge in [0.15, 0.2) is 0 Å². The number of sulfonamides is 1. The zero-order valence-electron chi connectivity index (χ0n) is 15.2. The minimum atomic E-state index is -3.67. The highest BCUT2D eigenvalue weighted by Crippen LogP contribution is 2.29. The zero-order valence-corrected chi connectivity index (χ0v) is 18.4. The number of carbonyl (C=O) groups excluding carboxylic acids is 1. The fraction of sp³-hybridized carbons (Fsp3) is 0.316. The first-order valence-corrected chi connectivity index (χ1v) is 11.3. The van der Waals surface area contributed by atoms with Crippen LogP contribution in [0, 0.1) is 5.92 Å². The Bertz CT molecular complexity index is 966. The van der Waals surface area contributed by atoms with Crippen molar-refractivity contribution in [2.75, 3.05) is 25.5 Å². The molecule has 0 unspecified atom stereocenters. The third-order valence-electron chi connectivity index (χ3n) is 4.64. The molecule has 1 fully saturated rings. The van der Waals surface area contributed by atoms with Gasteiger partial charge >= 0.3 is 0 Å². The van der Waals surface area contributed by atoms with E-state index in [1.807, 2.05) is 0 Å². The normalized spacial score (nSPS) is 17.9. The molecular formula is C19H20BrClN2O4S. The van der Waals surface area contributed by atoms with Crippen LogP contribution in [0.1, 0.15) is 12.8 Å². The first kappa shape index (κ1) is 21.1. The summed E-state index contributed by atoms with van der Waals surface area (Å²) < 4.78 is 33.1. The molecule has 0 spiro atoms. The van der Waals surface area contributed by atoms with Crippen LogP contribution < -0.4 is 10.1 Å². The van der Waals surface area contributed by atoms with E-state index < -0.39 is 15.9 Å². The second-order valence-electron chi connectivity index (χ2n) is 6.49. The molecule has 28 heavy (non-hydrogen) atoms. The molecule has 1 heterocycles. The highest BCUT2D eigenvalue weighted by Gasteiger charge is 2.33. The molecule has 2 aromatic carbocycles. The number of anilines is 1. The van der Waals surface area contributed by atoms with Crippen LogP contribution in [0.15, 0.2) is 51.8 Å². The number of piperidine rings is 1. The molecule has 1 aliphatic heterocycles. The summed E-state index contributed by atoms with van der Waals surface area (Å²) in [4.78, 5) is 12.9. The second kappa shape index (κ2) is 8.82. The van der Waals surface area contributed by atoms with Crippen molar-refractivity contribution in [2.45, 2.75) is 17.7 Å². The number of ether oxygens (including phenoxy) is 1.